The number of nitrogens with two attached hydrogens (primary N) is 1. The summed E-state index contributed by atoms with van der Waals surface area (Å²) < 4.78 is 7.13. The molecular weight excluding hydrogens is 406 g/mol. The summed E-state index contributed by atoms with van der Waals surface area (Å²) >= 11 is 2.87. The summed E-state index contributed by atoms with van der Waals surface area (Å²) in [5.74, 6) is 7.73. The molecule has 1 unspecified atom stereocenters. The van der Waals surface area contributed by atoms with Crippen LogP contribution >= 0.6 is 23.1 Å². The highest BCUT2D eigenvalue weighted by molar-refractivity contribution is 8.00. The van der Waals surface area contributed by atoms with Crippen LogP contribution < -0.4 is 15.9 Å². The van der Waals surface area contributed by atoms with Crippen molar-refractivity contribution in [2.24, 2.45) is 0 Å². The molecule has 3 rings (SSSR count). The lowest BCUT2D eigenvalue weighted by Crippen LogP contribution is -2.30. The number of amides is 1. The van der Waals surface area contributed by atoms with Crippen LogP contribution in [0.2, 0.25) is 0 Å². The Bertz CT molecular complexity index is 923. The average Bonchev–Trinajstić information content (AvgIpc) is 3.35. The van der Waals surface area contributed by atoms with Crippen LogP contribution in [-0.4, -0.2) is 26.0 Å². The van der Waals surface area contributed by atoms with Gasteiger partial charge in [0.05, 0.1) is 11.8 Å². The summed E-state index contributed by atoms with van der Waals surface area (Å²) in [5.41, 5.74) is 1.25. The van der Waals surface area contributed by atoms with E-state index in [1.54, 1.807) is 11.3 Å². The number of nitrogen functional groups attached to an aromatic ring is 1. The van der Waals surface area contributed by atoms with Crippen LogP contribution in [0.4, 0.5) is 0 Å². The second-order valence-corrected chi connectivity index (χ2v) is 9.18. The Labute approximate surface area is 178 Å². The van der Waals surface area contributed by atoms with E-state index in [0.29, 0.717) is 23.4 Å². The Balaban J connectivity index is 1.52. The quantitative estimate of drug-likeness (QED) is 0.397. The molecule has 1 atom stereocenters. The zero-order chi connectivity index (χ0) is 20.8. The smallest absolute Gasteiger partial charge is 0.233 e. The highest BCUT2D eigenvalue weighted by Crippen LogP contribution is 2.22. The van der Waals surface area contributed by atoms with Gasteiger partial charge in [-0.1, -0.05) is 43.8 Å². The molecule has 154 valence electrons. The first-order valence-corrected chi connectivity index (χ1v) is 11.1. The first-order chi connectivity index (χ1) is 13.9. The summed E-state index contributed by atoms with van der Waals surface area (Å²) in [5, 5.41) is 13.2. The normalized spacial score (nSPS) is 12.1. The lowest BCUT2D eigenvalue weighted by molar-refractivity contribution is -0.120. The number of nitrogens with one attached hydrogen (secondary N) is 1. The maximum atomic E-state index is 12.3. The maximum Gasteiger partial charge on any atom is 0.233 e. The maximum absolute atomic E-state index is 12.3. The third-order valence-corrected chi connectivity index (χ3v) is 6.25. The number of benzene rings is 1. The molecule has 0 aliphatic carbocycles. The lowest BCUT2D eigenvalue weighted by Gasteiger charge is -2.11. The third kappa shape index (κ3) is 5.74. The minimum Gasteiger partial charge on any atom is -0.486 e. The molecule has 3 N–H and O–H groups in total. The number of thioether (sulfide) groups is 1. The first kappa shape index (κ1) is 21.2. The van der Waals surface area contributed by atoms with E-state index in [0.717, 1.165) is 10.6 Å². The Morgan fingerprint density at radius 2 is 2.00 bits per heavy atom. The standard InChI is InChI=1S/C20H25N5O2S2/c1-13(2)15-6-8-16(9-7-15)27-12-18-23-24-20(25(18)21)29-14(3)19(26)22-11-17-5-4-10-28-17/h4-10,13-14H,11-12,21H2,1-3H3,(H,22,26). The lowest BCUT2D eigenvalue weighted by atomic mass is 10.0. The molecule has 9 heteroatoms. The van der Waals surface area contributed by atoms with Gasteiger partial charge in [-0.15, -0.1) is 21.5 Å². The molecule has 7 nitrogen and oxygen atoms in total. The minimum atomic E-state index is -0.348. The Morgan fingerprint density at radius 3 is 2.66 bits per heavy atom. The summed E-state index contributed by atoms with van der Waals surface area (Å²) in [7, 11) is 0. The number of rotatable bonds is 9. The molecule has 0 aliphatic heterocycles. The van der Waals surface area contributed by atoms with Gasteiger partial charge < -0.3 is 15.9 Å². The van der Waals surface area contributed by atoms with Gasteiger partial charge in [0.1, 0.15) is 12.4 Å². The number of nitrogens with zero attached hydrogens (tertiary/aromatic N) is 3. The average molecular weight is 432 g/mol. The van der Waals surface area contributed by atoms with E-state index >= 15 is 0 Å². The molecule has 0 aliphatic rings. The number of thiophene rings is 1. The largest absolute Gasteiger partial charge is 0.486 e. The molecule has 1 amide bonds. The molecule has 3 aromatic rings. The van der Waals surface area contributed by atoms with Crippen molar-refractivity contribution < 1.29 is 9.53 Å². The van der Waals surface area contributed by atoms with Crippen molar-refractivity contribution in [2.45, 2.75) is 50.2 Å². The van der Waals surface area contributed by atoms with Gasteiger partial charge in [0, 0.05) is 4.88 Å². The van der Waals surface area contributed by atoms with Crippen molar-refractivity contribution in [3.63, 3.8) is 0 Å². The molecule has 2 heterocycles. The van der Waals surface area contributed by atoms with Crippen molar-refractivity contribution in [1.29, 1.82) is 0 Å². The Kier molecular flexibility index (Phi) is 7.16. The van der Waals surface area contributed by atoms with Crippen molar-refractivity contribution in [3.8, 4) is 5.75 Å². The molecular formula is C20H25N5O2S2. The summed E-state index contributed by atoms with van der Waals surface area (Å²) in [6.45, 7) is 6.83. The van der Waals surface area contributed by atoms with Crippen molar-refractivity contribution in [3.05, 3.63) is 58.0 Å². The Hall–Kier alpha value is -2.52. The van der Waals surface area contributed by atoms with Crippen molar-refractivity contribution in [2.75, 3.05) is 5.84 Å². The van der Waals surface area contributed by atoms with E-state index in [1.807, 2.05) is 48.7 Å². The molecule has 2 aromatic heterocycles. The van der Waals surface area contributed by atoms with Crippen LogP contribution in [0, 0.1) is 0 Å². The summed E-state index contributed by atoms with van der Waals surface area (Å²) in [6.07, 6.45) is 0. The predicted octanol–water partition coefficient (Wildman–Crippen LogP) is 3.55. The van der Waals surface area contributed by atoms with Gasteiger partial charge >= 0.3 is 0 Å². The fourth-order valence-corrected chi connectivity index (χ4v) is 3.98. The monoisotopic (exact) mass is 431 g/mol. The van der Waals surface area contributed by atoms with Crippen LogP contribution in [0.3, 0.4) is 0 Å². The molecule has 0 bridgehead atoms. The van der Waals surface area contributed by atoms with Crippen molar-refractivity contribution in [1.82, 2.24) is 20.2 Å². The van der Waals surface area contributed by atoms with Crippen LogP contribution in [0.25, 0.3) is 0 Å². The van der Waals surface area contributed by atoms with E-state index in [4.69, 9.17) is 10.6 Å². The topological polar surface area (TPSA) is 95.1 Å². The fraction of sp³-hybridized carbons (Fsp3) is 0.350. The van der Waals surface area contributed by atoms with Gasteiger partial charge in [0.15, 0.2) is 5.82 Å². The van der Waals surface area contributed by atoms with Gasteiger partial charge in [-0.3, -0.25) is 4.79 Å². The second-order valence-electron chi connectivity index (χ2n) is 6.84. The molecule has 1 aromatic carbocycles. The van der Waals surface area contributed by atoms with Gasteiger partial charge in [0.25, 0.3) is 0 Å². The van der Waals surface area contributed by atoms with Crippen LogP contribution in [0.5, 0.6) is 5.75 Å². The highest BCUT2D eigenvalue weighted by Gasteiger charge is 2.19. The molecule has 0 saturated carbocycles. The highest BCUT2D eigenvalue weighted by atomic mass is 32.2. The number of carbonyl (C=O) groups excluding carboxylic acids is 1. The molecule has 0 fully saturated rings. The van der Waals surface area contributed by atoms with Crippen LogP contribution in [-0.2, 0) is 17.9 Å². The van der Waals surface area contributed by atoms with E-state index in [2.05, 4.69) is 29.4 Å². The molecule has 0 saturated heterocycles. The van der Waals surface area contributed by atoms with E-state index < -0.39 is 0 Å². The Morgan fingerprint density at radius 1 is 1.24 bits per heavy atom. The summed E-state index contributed by atoms with van der Waals surface area (Å²) in [6, 6.07) is 11.9. The van der Waals surface area contributed by atoms with Crippen molar-refractivity contribution >= 4 is 29.0 Å². The number of ether oxygens (including phenoxy) is 1. The zero-order valence-electron chi connectivity index (χ0n) is 16.7. The second kappa shape index (κ2) is 9.80. The van der Waals surface area contributed by atoms with Gasteiger partial charge in [-0.05, 0) is 42.0 Å². The van der Waals surface area contributed by atoms with Crippen LogP contribution in [0.15, 0.2) is 46.9 Å². The van der Waals surface area contributed by atoms with E-state index in [1.165, 1.54) is 22.0 Å². The van der Waals surface area contributed by atoms with Gasteiger partial charge in [0.2, 0.25) is 11.1 Å². The molecule has 0 radical (unpaired) electrons. The molecule has 29 heavy (non-hydrogen) atoms. The third-order valence-electron chi connectivity index (χ3n) is 4.32. The number of hydrogen-bond acceptors (Lipinski definition) is 7. The van der Waals surface area contributed by atoms with Gasteiger partial charge in [-0.2, -0.15) is 0 Å². The first-order valence-electron chi connectivity index (χ1n) is 9.33. The summed E-state index contributed by atoms with van der Waals surface area (Å²) in [4.78, 5) is 13.4. The van der Waals surface area contributed by atoms with E-state index in [9.17, 15) is 4.79 Å². The minimum absolute atomic E-state index is 0.0746. The number of hydrogen-bond donors (Lipinski definition) is 2. The van der Waals surface area contributed by atoms with Crippen LogP contribution in [0.1, 0.15) is 43.0 Å². The van der Waals surface area contributed by atoms with Gasteiger partial charge in [-0.25, -0.2) is 4.68 Å². The molecule has 0 spiro atoms. The van der Waals surface area contributed by atoms with E-state index in [-0.39, 0.29) is 17.8 Å². The number of aromatic nitrogens is 3. The SMILES string of the molecule is CC(Sc1nnc(COc2ccc(C(C)C)cc2)n1N)C(=O)NCc1cccs1. The predicted molar refractivity (Wildman–Crippen MR) is 117 cm³/mol. The fourth-order valence-electron chi connectivity index (χ4n) is 2.53. The zero-order valence-corrected chi connectivity index (χ0v) is 18.3. The number of carbonyl (C=O) groups is 1.